The van der Waals surface area contributed by atoms with Crippen LogP contribution in [-0.4, -0.2) is 45.5 Å². The lowest BCUT2D eigenvalue weighted by molar-refractivity contribution is 0.0487. The Kier molecular flexibility index (Phi) is 16.5. The number of benzene rings is 1. The van der Waals surface area contributed by atoms with E-state index in [1.54, 1.807) is 0 Å². The molecule has 0 fully saturated rings. The number of ether oxygens (including phenoxy) is 2. The van der Waals surface area contributed by atoms with Crippen molar-refractivity contribution in [3.8, 4) is 0 Å². The normalized spacial score (nSPS) is 11.1. The number of hydrogen-bond donors (Lipinski definition) is 2. The summed E-state index contributed by atoms with van der Waals surface area (Å²) in [5.74, 6) is 0.787. The largest absolute Gasteiger partial charge is 0.379 e. The minimum Gasteiger partial charge on any atom is -0.379 e. The van der Waals surface area contributed by atoms with Crippen molar-refractivity contribution in [2.75, 3.05) is 39.5 Å². The van der Waals surface area contributed by atoms with E-state index in [0.717, 1.165) is 42.5 Å². The fraction of sp³-hybridized carbons (Fsp3) is 0.611. The molecule has 2 N–H and O–H groups in total. The van der Waals surface area contributed by atoms with Gasteiger partial charge in [-0.15, -0.1) is 24.0 Å². The number of unbranched alkanes of at least 4 members (excludes halogenated alkanes) is 1. The number of rotatable bonds is 12. The summed E-state index contributed by atoms with van der Waals surface area (Å²) in [4.78, 5) is 4.55. The molecule has 0 saturated heterocycles. The van der Waals surface area contributed by atoms with Crippen molar-refractivity contribution >= 4 is 41.5 Å². The third kappa shape index (κ3) is 13.3. The topological polar surface area (TPSA) is 54.9 Å². The Bertz CT molecular complexity index is 458. The molecular weight excluding hydrogens is 453 g/mol. The van der Waals surface area contributed by atoms with Gasteiger partial charge in [-0.3, -0.25) is 0 Å². The lowest BCUT2D eigenvalue weighted by Crippen LogP contribution is -2.39. The summed E-state index contributed by atoms with van der Waals surface area (Å²) in [6.07, 6.45) is 2.27. The quantitative estimate of drug-likeness (QED) is 0.205. The summed E-state index contributed by atoms with van der Waals surface area (Å²) in [7, 11) is 0. The van der Waals surface area contributed by atoms with Crippen LogP contribution in [0.2, 0.25) is 5.02 Å². The minimum absolute atomic E-state index is 0. The van der Waals surface area contributed by atoms with E-state index >= 15 is 0 Å². The SMILES string of the molecule is CCCCOCCOCCNC(=NCc1ccc(Cl)cc1)NCC.I. The highest BCUT2D eigenvalue weighted by Crippen LogP contribution is 2.09. The maximum atomic E-state index is 5.89. The Morgan fingerprint density at radius 2 is 1.68 bits per heavy atom. The molecule has 0 aliphatic carbocycles. The van der Waals surface area contributed by atoms with Crippen LogP contribution in [0.5, 0.6) is 0 Å². The zero-order chi connectivity index (χ0) is 17.5. The predicted octanol–water partition coefficient (Wildman–Crippen LogP) is 3.85. The van der Waals surface area contributed by atoms with Crippen LogP contribution in [0.15, 0.2) is 29.3 Å². The highest BCUT2D eigenvalue weighted by molar-refractivity contribution is 14.0. The van der Waals surface area contributed by atoms with Crippen LogP contribution in [0.3, 0.4) is 0 Å². The Labute approximate surface area is 173 Å². The van der Waals surface area contributed by atoms with Crippen LogP contribution < -0.4 is 10.6 Å². The fourth-order valence-corrected chi connectivity index (χ4v) is 2.04. The average Bonchev–Trinajstić information content (AvgIpc) is 2.59. The van der Waals surface area contributed by atoms with Crippen LogP contribution in [0.1, 0.15) is 32.3 Å². The highest BCUT2D eigenvalue weighted by Gasteiger charge is 1.98. The van der Waals surface area contributed by atoms with E-state index in [-0.39, 0.29) is 24.0 Å². The fourth-order valence-electron chi connectivity index (χ4n) is 1.91. The molecule has 0 unspecified atom stereocenters. The second-order valence-electron chi connectivity index (χ2n) is 5.33. The predicted molar refractivity (Wildman–Crippen MR) is 116 cm³/mol. The van der Waals surface area contributed by atoms with E-state index in [2.05, 4.69) is 22.5 Å². The maximum absolute atomic E-state index is 5.89. The molecule has 7 heteroatoms. The summed E-state index contributed by atoms with van der Waals surface area (Å²) in [5, 5.41) is 7.22. The van der Waals surface area contributed by atoms with E-state index in [4.69, 9.17) is 21.1 Å². The van der Waals surface area contributed by atoms with Crippen molar-refractivity contribution in [1.29, 1.82) is 0 Å². The van der Waals surface area contributed by atoms with E-state index in [1.807, 2.05) is 31.2 Å². The molecule has 5 nitrogen and oxygen atoms in total. The van der Waals surface area contributed by atoms with Gasteiger partial charge in [0.25, 0.3) is 0 Å². The smallest absolute Gasteiger partial charge is 0.191 e. The molecule has 1 aromatic rings. The van der Waals surface area contributed by atoms with Crippen LogP contribution >= 0.6 is 35.6 Å². The molecule has 0 radical (unpaired) electrons. The molecular formula is C18H31ClIN3O2. The minimum atomic E-state index is 0. The zero-order valence-corrected chi connectivity index (χ0v) is 18.3. The van der Waals surface area contributed by atoms with Gasteiger partial charge in [-0.05, 0) is 31.0 Å². The summed E-state index contributed by atoms with van der Waals surface area (Å²) >= 11 is 5.89. The van der Waals surface area contributed by atoms with E-state index in [1.165, 1.54) is 0 Å². The van der Waals surface area contributed by atoms with Crippen LogP contribution in [0.4, 0.5) is 0 Å². The maximum Gasteiger partial charge on any atom is 0.191 e. The molecule has 0 atom stereocenters. The van der Waals surface area contributed by atoms with E-state index < -0.39 is 0 Å². The third-order valence-electron chi connectivity index (χ3n) is 3.23. The van der Waals surface area contributed by atoms with Gasteiger partial charge in [-0.25, -0.2) is 4.99 Å². The standard InChI is InChI=1S/C18H30ClN3O2.HI/c1-3-5-11-23-13-14-24-12-10-21-18(20-4-2)22-15-16-6-8-17(19)9-7-16;/h6-9H,3-5,10-15H2,1-2H3,(H2,20,21,22);1H. The van der Waals surface area contributed by atoms with Gasteiger partial charge in [0.2, 0.25) is 0 Å². The van der Waals surface area contributed by atoms with Crippen molar-refractivity contribution in [1.82, 2.24) is 10.6 Å². The number of hydrogen-bond acceptors (Lipinski definition) is 3. The first kappa shape index (κ1) is 24.4. The van der Waals surface area contributed by atoms with Crippen molar-refractivity contribution in [2.45, 2.75) is 33.2 Å². The van der Waals surface area contributed by atoms with Crippen molar-refractivity contribution < 1.29 is 9.47 Å². The van der Waals surface area contributed by atoms with E-state index in [0.29, 0.717) is 32.9 Å². The molecule has 0 aliphatic heterocycles. The Morgan fingerprint density at radius 1 is 1.00 bits per heavy atom. The third-order valence-corrected chi connectivity index (χ3v) is 3.48. The molecule has 0 bridgehead atoms. The highest BCUT2D eigenvalue weighted by atomic mass is 127. The number of halogens is 2. The monoisotopic (exact) mass is 483 g/mol. The molecule has 0 aromatic heterocycles. The van der Waals surface area contributed by atoms with Gasteiger partial charge in [0.05, 0.1) is 26.4 Å². The molecule has 0 spiro atoms. The molecule has 0 saturated carbocycles. The first-order valence-electron chi connectivity index (χ1n) is 8.68. The Hall–Kier alpha value is -0.570. The Balaban J connectivity index is 0.00000576. The second-order valence-corrected chi connectivity index (χ2v) is 5.76. The van der Waals surface area contributed by atoms with Gasteiger partial charge in [0.15, 0.2) is 5.96 Å². The number of nitrogens with one attached hydrogen (secondary N) is 2. The zero-order valence-electron chi connectivity index (χ0n) is 15.2. The molecule has 1 rings (SSSR count). The number of guanidine groups is 1. The van der Waals surface area contributed by atoms with Gasteiger partial charge in [-0.1, -0.05) is 37.1 Å². The van der Waals surface area contributed by atoms with Crippen molar-refractivity contribution in [3.63, 3.8) is 0 Å². The summed E-state index contributed by atoms with van der Waals surface area (Å²) in [5.41, 5.74) is 1.12. The van der Waals surface area contributed by atoms with Gasteiger partial charge < -0.3 is 20.1 Å². The molecule has 0 amide bonds. The van der Waals surface area contributed by atoms with Gasteiger partial charge in [0, 0.05) is 24.7 Å². The summed E-state index contributed by atoms with van der Waals surface area (Å²) < 4.78 is 11.0. The first-order valence-corrected chi connectivity index (χ1v) is 9.06. The van der Waals surface area contributed by atoms with E-state index in [9.17, 15) is 0 Å². The second kappa shape index (κ2) is 16.9. The number of aliphatic imine (C=N–C) groups is 1. The van der Waals surface area contributed by atoms with Gasteiger partial charge in [0.1, 0.15) is 0 Å². The molecule has 0 aliphatic rings. The molecule has 1 aromatic carbocycles. The van der Waals surface area contributed by atoms with Crippen LogP contribution in [-0.2, 0) is 16.0 Å². The molecule has 0 heterocycles. The van der Waals surface area contributed by atoms with Gasteiger partial charge in [-0.2, -0.15) is 0 Å². The van der Waals surface area contributed by atoms with Crippen LogP contribution in [0, 0.1) is 0 Å². The molecule has 25 heavy (non-hydrogen) atoms. The molecule has 144 valence electrons. The average molecular weight is 484 g/mol. The van der Waals surface area contributed by atoms with Crippen molar-refractivity contribution in [3.05, 3.63) is 34.9 Å². The van der Waals surface area contributed by atoms with Crippen molar-refractivity contribution in [2.24, 2.45) is 4.99 Å². The lowest BCUT2D eigenvalue weighted by Gasteiger charge is -2.11. The lowest BCUT2D eigenvalue weighted by atomic mass is 10.2. The van der Waals surface area contributed by atoms with Gasteiger partial charge >= 0.3 is 0 Å². The Morgan fingerprint density at radius 3 is 2.32 bits per heavy atom. The van der Waals surface area contributed by atoms with Crippen LogP contribution in [0.25, 0.3) is 0 Å². The summed E-state index contributed by atoms with van der Waals surface area (Å²) in [6.45, 7) is 9.07. The summed E-state index contributed by atoms with van der Waals surface area (Å²) in [6, 6.07) is 7.72. The first-order chi connectivity index (χ1) is 11.8. The number of nitrogens with zero attached hydrogens (tertiary/aromatic N) is 1.